The summed E-state index contributed by atoms with van der Waals surface area (Å²) in [5.74, 6) is 0.542. The van der Waals surface area contributed by atoms with Crippen molar-refractivity contribution in [3.63, 3.8) is 0 Å². The van der Waals surface area contributed by atoms with Crippen molar-refractivity contribution in [2.45, 2.75) is 38.5 Å². The second kappa shape index (κ2) is 10.8. The molecule has 2 amide bonds. The van der Waals surface area contributed by atoms with Crippen molar-refractivity contribution >= 4 is 40.1 Å². The first kappa shape index (κ1) is 23.2. The minimum atomic E-state index is -0.143. The molecule has 180 valence electrons. The molecule has 1 N–H and O–H groups in total. The quantitative estimate of drug-likeness (QED) is 0.473. The van der Waals surface area contributed by atoms with E-state index < -0.39 is 0 Å². The molecule has 2 aliphatic rings. The summed E-state index contributed by atoms with van der Waals surface area (Å²) < 4.78 is 5.67. The van der Waals surface area contributed by atoms with E-state index in [-0.39, 0.29) is 18.4 Å². The summed E-state index contributed by atoms with van der Waals surface area (Å²) in [6.07, 6.45) is 11.4. The number of nitrogens with one attached hydrogen (secondary N) is 1. The number of nitrogens with zero attached hydrogens (tertiary/aromatic N) is 3. The molecular weight excluding hydrogens is 460 g/mol. The number of anilines is 1. The highest BCUT2D eigenvalue weighted by atomic mass is 32.1. The Morgan fingerprint density at radius 1 is 1.09 bits per heavy atom. The van der Waals surface area contributed by atoms with Gasteiger partial charge in [-0.2, -0.15) is 0 Å². The van der Waals surface area contributed by atoms with Gasteiger partial charge in [0.1, 0.15) is 10.8 Å². The van der Waals surface area contributed by atoms with Crippen LogP contribution < -0.4 is 10.1 Å². The fourth-order valence-electron chi connectivity index (χ4n) is 4.49. The van der Waals surface area contributed by atoms with Crippen molar-refractivity contribution in [2.24, 2.45) is 4.99 Å². The lowest BCUT2D eigenvalue weighted by molar-refractivity contribution is -0.132. The largest absolute Gasteiger partial charge is 0.484 e. The molecular formula is C27H28N4O3S. The first-order valence-electron chi connectivity index (χ1n) is 12.1. The maximum atomic E-state index is 13.2. The molecule has 1 saturated heterocycles. The highest BCUT2D eigenvalue weighted by molar-refractivity contribution is 7.16. The third kappa shape index (κ3) is 5.59. The van der Waals surface area contributed by atoms with Crippen molar-refractivity contribution in [2.75, 3.05) is 25.0 Å². The van der Waals surface area contributed by atoms with Crippen molar-refractivity contribution in [3.05, 3.63) is 70.4 Å². The standard InChI is InChI=1S/C27H28N4O3S/c32-24(31-14-3-4-15-31)18-34-21-11-9-19(10-12-21)16-29-27-25(22-7-1-2-8-23(22)35-27)26(33)30-20-6-5-13-28-17-20/h5-6,9-13,16-17H,1-4,7-8,14-15,18H2,(H,30,33). The molecule has 0 spiro atoms. The Balaban J connectivity index is 1.29. The normalized spacial score (nSPS) is 15.3. The number of fused-ring (bicyclic) bond motifs is 1. The first-order valence-corrected chi connectivity index (χ1v) is 12.9. The van der Waals surface area contributed by atoms with E-state index in [0.29, 0.717) is 17.0 Å². The number of thiophene rings is 1. The van der Waals surface area contributed by atoms with Crippen LogP contribution in [0.3, 0.4) is 0 Å². The van der Waals surface area contributed by atoms with Crippen LogP contribution in [-0.2, 0) is 17.6 Å². The van der Waals surface area contributed by atoms with Crippen LogP contribution in [-0.4, -0.2) is 47.6 Å². The van der Waals surface area contributed by atoms with Gasteiger partial charge >= 0.3 is 0 Å². The predicted octanol–water partition coefficient (Wildman–Crippen LogP) is 5.03. The number of carbonyl (C=O) groups excluding carboxylic acids is 2. The van der Waals surface area contributed by atoms with E-state index in [9.17, 15) is 9.59 Å². The lowest BCUT2D eigenvalue weighted by Crippen LogP contribution is -2.32. The van der Waals surface area contributed by atoms with E-state index in [4.69, 9.17) is 9.73 Å². The van der Waals surface area contributed by atoms with Crippen molar-refractivity contribution in [1.29, 1.82) is 0 Å². The van der Waals surface area contributed by atoms with Gasteiger partial charge in [-0.25, -0.2) is 4.99 Å². The molecule has 0 unspecified atom stereocenters. The summed E-state index contributed by atoms with van der Waals surface area (Å²) in [6.45, 7) is 1.71. The van der Waals surface area contributed by atoms with E-state index in [2.05, 4.69) is 10.3 Å². The van der Waals surface area contributed by atoms with Crippen molar-refractivity contribution in [1.82, 2.24) is 9.88 Å². The fraction of sp³-hybridized carbons (Fsp3) is 0.333. The van der Waals surface area contributed by atoms with E-state index >= 15 is 0 Å². The highest BCUT2D eigenvalue weighted by Gasteiger charge is 2.25. The van der Waals surface area contributed by atoms with Crippen LogP contribution in [0, 0.1) is 0 Å². The van der Waals surface area contributed by atoms with Gasteiger partial charge in [0.05, 0.1) is 17.4 Å². The summed E-state index contributed by atoms with van der Waals surface area (Å²) >= 11 is 1.61. The molecule has 3 aromatic rings. The lowest BCUT2D eigenvalue weighted by atomic mass is 9.95. The number of hydrogen-bond acceptors (Lipinski definition) is 6. The van der Waals surface area contributed by atoms with Gasteiger partial charge in [0, 0.05) is 30.4 Å². The van der Waals surface area contributed by atoms with Gasteiger partial charge in [0.25, 0.3) is 11.8 Å². The molecule has 0 saturated carbocycles. The average Bonchev–Trinajstić information content (AvgIpc) is 3.55. The van der Waals surface area contributed by atoms with Crippen LogP contribution in [0.1, 0.15) is 52.0 Å². The zero-order chi connectivity index (χ0) is 24.0. The molecule has 7 nitrogen and oxygen atoms in total. The Morgan fingerprint density at radius 2 is 1.89 bits per heavy atom. The van der Waals surface area contributed by atoms with Crippen LogP contribution in [0.25, 0.3) is 0 Å². The fourth-order valence-corrected chi connectivity index (χ4v) is 5.72. The number of likely N-dealkylation sites (tertiary alicyclic amines) is 1. The molecule has 1 aliphatic heterocycles. The Hall–Kier alpha value is -3.52. The van der Waals surface area contributed by atoms with Gasteiger partial charge in [-0.3, -0.25) is 14.6 Å². The molecule has 1 aromatic carbocycles. The van der Waals surface area contributed by atoms with E-state index in [1.54, 1.807) is 36.0 Å². The molecule has 2 aromatic heterocycles. The van der Waals surface area contributed by atoms with Gasteiger partial charge in [-0.05, 0) is 86.1 Å². The zero-order valence-corrected chi connectivity index (χ0v) is 20.4. The molecule has 0 atom stereocenters. The zero-order valence-electron chi connectivity index (χ0n) is 19.5. The molecule has 5 rings (SSSR count). The Morgan fingerprint density at radius 3 is 2.66 bits per heavy atom. The summed E-state index contributed by atoms with van der Waals surface area (Å²) in [5, 5.41) is 3.70. The number of amides is 2. The minimum Gasteiger partial charge on any atom is -0.484 e. The molecule has 3 heterocycles. The van der Waals surface area contributed by atoms with Crippen LogP contribution in [0.15, 0.2) is 53.8 Å². The second-order valence-electron chi connectivity index (χ2n) is 8.79. The summed E-state index contributed by atoms with van der Waals surface area (Å²) in [5.41, 5.74) is 3.36. The number of carbonyl (C=O) groups is 2. The average molecular weight is 489 g/mol. The molecule has 8 heteroatoms. The first-order chi connectivity index (χ1) is 17.2. The predicted molar refractivity (Wildman–Crippen MR) is 138 cm³/mol. The van der Waals surface area contributed by atoms with Gasteiger partial charge < -0.3 is 15.0 Å². The summed E-state index contributed by atoms with van der Waals surface area (Å²) in [4.78, 5) is 37.3. The number of aryl methyl sites for hydroxylation is 1. The molecule has 0 bridgehead atoms. The van der Waals surface area contributed by atoms with Crippen molar-refractivity contribution < 1.29 is 14.3 Å². The number of ether oxygens (including phenoxy) is 1. The number of benzene rings is 1. The summed E-state index contributed by atoms with van der Waals surface area (Å²) in [6, 6.07) is 11.1. The molecule has 1 aliphatic carbocycles. The number of rotatable bonds is 7. The maximum Gasteiger partial charge on any atom is 0.260 e. The van der Waals surface area contributed by atoms with Crippen LogP contribution in [0.5, 0.6) is 5.75 Å². The lowest BCUT2D eigenvalue weighted by Gasteiger charge is -2.15. The molecule has 35 heavy (non-hydrogen) atoms. The number of aromatic nitrogens is 1. The monoisotopic (exact) mass is 488 g/mol. The van der Waals surface area contributed by atoms with Gasteiger partial charge in [-0.1, -0.05) is 0 Å². The maximum absolute atomic E-state index is 13.2. The highest BCUT2D eigenvalue weighted by Crippen LogP contribution is 2.40. The number of aliphatic imine (C=N–C) groups is 1. The van der Waals surface area contributed by atoms with E-state index in [0.717, 1.165) is 67.7 Å². The van der Waals surface area contributed by atoms with E-state index in [1.165, 1.54) is 4.88 Å². The second-order valence-corrected chi connectivity index (χ2v) is 9.87. The third-order valence-electron chi connectivity index (χ3n) is 6.33. The van der Waals surface area contributed by atoms with Crippen LogP contribution in [0.4, 0.5) is 10.7 Å². The summed E-state index contributed by atoms with van der Waals surface area (Å²) in [7, 11) is 0. The molecule has 0 radical (unpaired) electrons. The number of hydrogen-bond donors (Lipinski definition) is 1. The Bertz CT molecular complexity index is 1220. The number of pyridine rings is 1. The van der Waals surface area contributed by atoms with Gasteiger partial charge in [-0.15, -0.1) is 11.3 Å². The third-order valence-corrected chi connectivity index (χ3v) is 7.53. The Labute approximate surface area is 208 Å². The van der Waals surface area contributed by atoms with Gasteiger partial charge in [0.15, 0.2) is 6.61 Å². The van der Waals surface area contributed by atoms with Gasteiger partial charge in [0.2, 0.25) is 0 Å². The Kier molecular flexibility index (Phi) is 7.18. The van der Waals surface area contributed by atoms with E-state index in [1.807, 2.05) is 35.2 Å². The molecule has 1 fully saturated rings. The van der Waals surface area contributed by atoms with Crippen LogP contribution in [0.2, 0.25) is 0 Å². The van der Waals surface area contributed by atoms with Crippen LogP contribution >= 0.6 is 11.3 Å². The smallest absolute Gasteiger partial charge is 0.260 e. The topological polar surface area (TPSA) is 83.9 Å². The minimum absolute atomic E-state index is 0.0342. The SMILES string of the molecule is O=C(Nc1cccnc1)c1c(N=Cc2ccc(OCC(=O)N3CCCC3)cc2)sc2c1CCCC2. The van der Waals surface area contributed by atoms with Crippen molar-refractivity contribution in [3.8, 4) is 5.75 Å².